The molecule has 7 heteroatoms. The number of carbonyl (C=O) groups excluding carboxylic acids is 1. The summed E-state index contributed by atoms with van der Waals surface area (Å²) in [6.07, 6.45) is 0. The van der Waals surface area contributed by atoms with Crippen LogP contribution in [0.4, 0.5) is 0 Å². The molecule has 2 heterocycles. The molecule has 0 bridgehead atoms. The Bertz CT molecular complexity index is 651. The molecule has 1 aromatic carbocycles. The number of ether oxygens (including phenoxy) is 1. The number of hydrogen-bond acceptors (Lipinski definition) is 6. The molecule has 3 rings (SSSR count). The molecular formula is C16H19N3O3S. The Kier molecular flexibility index (Phi) is 5.30. The van der Waals surface area contributed by atoms with Crippen LogP contribution in [0.3, 0.4) is 0 Å². The van der Waals surface area contributed by atoms with E-state index in [0.29, 0.717) is 49.5 Å². The summed E-state index contributed by atoms with van der Waals surface area (Å²) in [5.74, 6) is 2.25. The fourth-order valence-electron chi connectivity index (χ4n) is 2.26. The van der Waals surface area contributed by atoms with Crippen molar-refractivity contribution >= 4 is 17.7 Å². The normalized spacial score (nSPS) is 14.9. The zero-order chi connectivity index (χ0) is 16.1. The van der Waals surface area contributed by atoms with Crippen LogP contribution in [-0.4, -0.2) is 53.0 Å². The zero-order valence-corrected chi connectivity index (χ0v) is 13.8. The molecule has 1 amide bonds. The number of aryl methyl sites for hydroxylation is 1. The molecule has 0 spiro atoms. The summed E-state index contributed by atoms with van der Waals surface area (Å²) in [5.41, 5.74) is 2.09. The molecule has 1 saturated heterocycles. The Hall–Kier alpha value is -1.86. The van der Waals surface area contributed by atoms with Crippen molar-refractivity contribution in [1.82, 2.24) is 15.0 Å². The lowest BCUT2D eigenvalue weighted by atomic mass is 10.1. The molecule has 1 aliphatic heterocycles. The highest BCUT2D eigenvalue weighted by atomic mass is 32.2. The van der Waals surface area contributed by atoms with Gasteiger partial charge in [0.25, 0.3) is 5.89 Å². The van der Waals surface area contributed by atoms with Gasteiger partial charge in [0.15, 0.2) is 5.82 Å². The van der Waals surface area contributed by atoms with Crippen LogP contribution in [0.5, 0.6) is 0 Å². The van der Waals surface area contributed by atoms with Crippen molar-refractivity contribution in [3.8, 4) is 11.5 Å². The van der Waals surface area contributed by atoms with Crippen LogP contribution in [0.1, 0.15) is 11.4 Å². The maximum atomic E-state index is 12.0. The van der Waals surface area contributed by atoms with Gasteiger partial charge in [0, 0.05) is 18.7 Å². The molecule has 1 aromatic heterocycles. The minimum atomic E-state index is 0.139. The number of thioether (sulfide) groups is 1. The van der Waals surface area contributed by atoms with Crippen LogP contribution < -0.4 is 0 Å². The first-order chi connectivity index (χ1) is 11.2. The van der Waals surface area contributed by atoms with Gasteiger partial charge < -0.3 is 14.2 Å². The molecular weight excluding hydrogens is 314 g/mol. The predicted octanol–water partition coefficient (Wildman–Crippen LogP) is 2.14. The van der Waals surface area contributed by atoms with E-state index in [-0.39, 0.29) is 5.91 Å². The lowest BCUT2D eigenvalue weighted by molar-refractivity contribution is -0.132. The number of hydrogen-bond donors (Lipinski definition) is 0. The third-order valence-corrected chi connectivity index (χ3v) is 4.50. The summed E-state index contributed by atoms with van der Waals surface area (Å²) in [6, 6.07) is 7.94. The molecule has 2 aromatic rings. The number of amides is 1. The fourth-order valence-corrected chi connectivity index (χ4v) is 3.02. The summed E-state index contributed by atoms with van der Waals surface area (Å²) in [7, 11) is 0. The number of nitrogens with zero attached hydrogens (tertiary/aromatic N) is 3. The van der Waals surface area contributed by atoms with Gasteiger partial charge in [-0.2, -0.15) is 4.98 Å². The number of aromatic nitrogens is 2. The van der Waals surface area contributed by atoms with E-state index in [1.807, 2.05) is 36.1 Å². The smallest absolute Gasteiger partial charge is 0.257 e. The number of carbonyl (C=O) groups is 1. The second kappa shape index (κ2) is 7.61. The van der Waals surface area contributed by atoms with Gasteiger partial charge in [-0.15, -0.1) is 11.8 Å². The van der Waals surface area contributed by atoms with Crippen LogP contribution in [-0.2, 0) is 15.3 Å². The number of morpholine rings is 1. The largest absolute Gasteiger partial charge is 0.378 e. The van der Waals surface area contributed by atoms with Gasteiger partial charge in [-0.05, 0) is 19.1 Å². The first kappa shape index (κ1) is 16.0. The maximum Gasteiger partial charge on any atom is 0.257 e. The van der Waals surface area contributed by atoms with E-state index in [1.165, 1.54) is 17.3 Å². The number of rotatable bonds is 5. The minimum Gasteiger partial charge on any atom is -0.378 e. The molecule has 1 aliphatic rings. The van der Waals surface area contributed by atoms with Crippen LogP contribution in [0.2, 0.25) is 0 Å². The lowest BCUT2D eigenvalue weighted by Gasteiger charge is -2.26. The van der Waals surface area contributed by atoms with Crippen molar-refractivity contribution in [1.29, 1.82) is 0 Å². The van der Waals surface area contributed by atoms with Crippen molar-refractivity contribution in [2.75, 3.05) is 32.1 Å². The summed E-state index contributed by atoms with van der Waals surface area (Å²) in [6.45, 7) is 4.64. The average Bonchev–Trinajstić information content (AvgIpc) is 3.05. The van der Waals surface area contributed by atoms with Gasteiger partial charge in [0.05, 0.1) is 24.7 Å². The van der Waals surface area contributed by atoms with Crippen LogP contribution in [0.25, 0.3) is 11.5 Å². The summed E-state index contributed by atoms with van der Waals surface area (Å²) < 4.78 is 10.5. The monoisotopic (exact) mass is 333 g/mol. The Morgan fingerprint density at radius 2 is 2.00 bits per heavy atom. The molecule has 122 valence electrons. The molecule has 0 saturated carbocycles. The predicted molar refractivity (Wildman–Crippen MR) is 88.0 cm³/mol. The van der Waals surface area contributed by atoms with E-state index in [0.717, 1.165) is 5.56 Å². The summed E-state index contributed by atoms with van der Waals surface area (Å²) in [5, 5.41) is 3.97. The van der Waals surface area contributed by atoms with Crippen molar-refractivity contribution in [3.63, 3.8) is 0 Å². The van der Waals surface area contributed by atoms with Gasteiger partial charge in [0.2, 0.25) is 5.91 Å². The molecule has 0 unspecified atom stereocenters. The third kappa shape index (κ3) is 4.33. The summed E-state index contributed by atoms with van der Waals surface area (Å²) >= 11 is 1.50. The average molecular weight is 333 g/mol. The van der Waals surface area contributed by atoms with E-state index in [9.17, 15) is 4.79 Å². The highest BCUT2D eigenvalue weighted by molar-refractivity contribution is 7.99. The molecule has 1 fully saturated rings. The Morgan fingerprint density at radius 1 is 1.26 bits per heavy atom. The van der Waals surface area contributed by atoms with Gasteiger partial charge in [0.1, 0.15) is 0 Å². The van der Waals surface area contributed by atoms with Gasteiger partial charge >= 0.3 is 0 Å². The van der Waals surface area contributed by atoms with Gasteiger partial charge in [-0.3, -0.25) is 4.79 Å². The van der Waals surface area contributed by atoms with E-state index in [1.54, 1.807) is 0 Å². The van der Waals surface area contributed by atoms with E-state index >= 15 is 0 Å². The minimum absolute atomic E-state index is 0.139. The first-order valence-electron chi connectivity index (χ1n) is 7.55. The highest BCUT2D eigenvalue weighted by Gasteiger charge is 2.17. The van der Waals surface area contributed by atoms with Crippen LogP contribution in [0.15, 0.2) is 28.8 Å². The van der Waals surface area contributed by atoms with Crippen molar-refractivity contribution < 1.29 is 14.1 Å². The van der Waals surface area contributed by atoms with Gasteiger partial charge in [-0.1, -0.05) is 22.9 Å². The second-order valence-electron chi connectivity index (χ2n) is 5.37. The molecule has 0 atom stereocenters. The molecule has 6 nitrogen and oxygen atoms in total. The topological polar surface area (TPSA) is 68.5 Å². The van der Waals surface area contributed by atoms with Crippen LogP contribution in [0, 0.1) is 6.92 Å². The van der Waals surface area contributed by atoms with E-state index in [4.69, 9.17) is 9.26 Å². The molecule has 0 radical (unpaired) electrons. The SMILES string of the molecule is Cc1ccc(-c2nc(CSCC(=O)N3CCOCC3)no2)cc1. The van der Waals surface area contributed by atoms with E-state index < -0.39 is 0 Å². The third-order valence-electron chi connectivity index (χ3n) is 3.59. The molecule has 23 heavy (non-hydrogen) atoms. The lowest BCUT2D eigenvalue weighted by Crippen LogP contribution is -2.41. The van der Waals surface area contributed by atoms with Crippen molar-refractivity contribution in [3.05, 3.63) is 35.7 Å². The van der Waals surface area contributed by atoms with Crippen LogP contribution >= 0.6 is 11.8 Å². The summed E-state index contributed by atoms with van der Waals surface area (Å²) in [4.78, 5) is 18.2. The van der Waals surface area contributed by atoms with E-state index in [2.05, 4.69) is 10.1 Å². The van der Waals surface area contributed by atoms with Crippen molar-refractivity contribution in [2.24, 2.45) is 0 Å². The van der Waals surface area contributed by atoms with Gasteiger partial charge in [-0.25, -0.2) is 0 Å². The molecule has 0 aliphatic carbocycles. The standard InChI is InChI=1S/C16H19N3O3S/c1-12-2-4-13(5-3-12)16-17-14(18-22-16)10-23-11-15(20)19-6-8-21-9-7-19/h2-5H,6-11H2,1H3. The Morgan fingerprint density at radius 3 is 2.74 bits per heavy atom. The quantitative estimate of drug-likeness (QED) is 0.835. The number of benzene rings is 1. The second-order valence-corrected chi connectivity index (χ2v) is 6.35. The maximum absolute atomic E-state index is 12.0. The van der Waals surface area contributed by atoms with Crippen molar-refractivity contribution in [2.45, 2.75) is 12.7 Å². The Balaban J connectivity index is 1.49. The fraction of sp³-hybridized carbons (Fsp3) is 0.438. The zero-order valence-electron chi connectivity index (χ0n) is 13.0. The molecule has 0 N–H and O–H groups in total. The Labute approximate surface area is 139 Å². The first-order valence-corrected chi connectivity index (χ1v) is 8.71. The highest BCUT2D eigenvalue weighted by Crippen LogP contribution is 2.19.